The highest BCUT2D eigenvalue weighted by Gasteiger charge is 2.52. The van der Waals surface area contributed by atoms with Gasteiger partial charge in [0.05, 0.1) is 13.2 Å². The van der Waals surface area contributed by atoms with Gasteiger partial charge in [-0.2, -0.15) is 0 Å². The monoisotopic (exact) mass is 288 g/mol. The second-order valence-corrected chi connectivity index (χ2v) is 5.62. The molecule has 0 saturated carbocycles. The molecule has 1 radical (unpaired) electrons. The normalized spacial score (nSPS) is 27.9. The maximum absolute atomic E-state index is 11.6. The van der Waals surface area contributed by atoms with E-state index in [1.165, 1.54) is 0 Å². The summed E-state index contributed by atoms with van der Waals surface area (Å²) in [4.78, 5) is 17.2. The smallest absolute Gasteiger partial charge is 0.245 e. The maximum Gasteiger partial charge on any atom is 0.245 e. The molecule has 2 N–H and O–H groups in total. The summed E-state index contributed by atoms with van der Waals surface area (Å²) in [6, 6.07) is 6.07. The van der Waals surface area contributed by atoms with Gasteiger partial charge in [0.15, 0.2) is 5.84 Å². The zero-order valence-corrected chi connectivity index (χ0v) is 12.1. The van der Waals surface area contributed by atoms with E-state index in [0.29, 0.717) is 18.9 Å². The Morgan fingerprint density at radius 3 is 2.71 bits per heavy atom. The summed E-state index contributed by atoms with van der Waals surface area (Å²) >= 11 is 0. The number of rotatable bonds is 2. The molecule has 0 bridgehead atoms. The lowest BCUT2D eigenvalue weighted by Crippen LogP contribution is -2.56. The fourth-order valence-corrected chi connectivity index (χ4v) is 2.83. The first kappa shape index (κ1) is 13.9. The SMILES string of the molecule is Cc1cc(C)cc(C2=NOC3(CCOCC3C(N)=O)[N]2)c1. The summed E-state index contributed by atoms with van der Waals surface area (Å²) in [5.74, 6) is -0.580. The Balaban J connectivity index is 1.87. The van der Waals surface area contributed by atoms with Crippen LogP contribution in [0.15, 0.2) is 23.4 Å². The van der Waals surface area contributed by atoms with Gasteiger partial charge in [-0.05, 0) is 26.0 Å². The van der Waals surface area contributed by atoms with Crippen molar-refractivity contribution in [2.24, 2.45) is 16.8 Å². The number of carbonyl (C=O) groups is 1. The molecule has 111 valence electrons. The number of oxime groups is 1. The van der Waals surface area contributed by atoms with Crippen molar-refractivity contribution < 1.29 is 14.4 Å². The summed E-state index contributed by atoms with van der Waals surface area (Å²) < 4.78 is 5.32. The second-order valence-electron chi connectivity index (χ2n) is 5.62. The number of amides is 1. The summed E-state index contributed by atoms with van der Waals surface area (Å²) in [6.07, 6.45) is 0.471. The Morgan fingerprint density at radius 1 is 1.33 bits per heavy atom. The zero-order chi connectivity index (χ0) is 15.0. The van der Waals surface area contributed by atoms with Gasteiger partial charge in [0.25, 0.3) is 0 Å². The fraction of sp³-hybridized carbons (Fsp3) is 0.467. The lowest BCUT2D eigenvalue weighted by atomic mass is 9.90. The average molecular weight is 288 g/mol. The van der Waals surface area contributed by atoms with Crippen LogP contribution in [0.2, 0.25) is 0 Å². The molecule has 2 heterocycles. The van der Waals surface area contributed by atoms with Gasteiger partial charge in [0.1, 0.15) is 5.92 Å². The van der Waals surface area contributed by atoms with Crippen LogP contribution in [0.5, 0.6) is 0 Å². The maximum atomic E-state index is 11.6. The second kappa shape index (κ2) is 5.04. The molecule has 1 aromatic carbocycles. The molecule has 1 spiro atoms. The molecule has 0 aromatic heterocycles. The van der Waals surface area contributed by atoms with Crippen LogP contribution in [0.1, 0.15) is 23.1 Å². The summed E-state index contributed by atoms with van der Waals surface area (Å²) in [5.41, 5.74) is 7.58. The fourth-order valence-electron chi connectivity index (χ4n) is 2.83. The minimum Gasteiger partial charge on any atom is -0.380 e. The molecule has 1 amide bonds. The van der Waals surface area contributed by atoms with Crippen molar-refractivity contribution >= 4 is 11.7 Å². The Bertz CT molecular complexity index is 594. The van der Waals surface area contributed by atoms with E-state index in [2.05, 4.69) is 16.5 Å². The molecule has 3 rings (SSSR count). The number of nitrogens with two attached hydrogens (primary N) is 1. The van der Waals surface area contributed by atoms with Gasteiger partial charge in [-0.3, -0.25) is 4.79 Å². The van der Waals surface area contributed by atoms with Crippen LogP contribution in [0.3, 0.4) is 0 Å². The lowest BCUT2D eigenvalue weighted by Gasteiger charge is -2.35. The van der Waals surface area contributed by atoms with Crippen molar-refractivity contribution in [1.29, 1.82) is 0 Å². The van der Waals surface area contributed by atoms with Crippen LogP contribution < -0.4 is 11.1 Å². The van der Waals surface area contributed by atoms with E-state index < -0.39 is 17.6 Å². The molecule has 1 aromatic rings. The molecule has 1 fully saturated rings. The van der Waals surface area contributed by atoms with Gasteiger partial charge in [-0.25, -0.2) is 5.32 Å². The van der Waals surface area contributed by atoms with Crippen molar-refractivity contribution in [3.05, 3.63) is 34.9 Å². The molecule has 2 unspecified atom stereocenters. The minimum atomic E-state index is -1.00. The number of benzene rings is 1. The number of aryl methyl sites for hydroxylation is 2. The first-order chi connectivity index (χ1) is 10.00. The predicted molar refractivity (Wildman–Crippen MR) is 76.5 cm³/mol. The van der Waals surface area contributed by atoms with Gasteiger partial charge < -0.3 is 15.3 Å². The first-order valence-corrected chi connectivity index (χ1v) is 6.95. The van der Waals surface area contributed by atoms with E-state index in [4.69, 9.17) is 15.3 Å². The summed E-state index contributed by atoms with van der Waals surface area (Å²) in [6.45, 7) is 4.73. The Labute approximate surface area is 123 Å². The quantitative estimate of drug-likeness (QED) is 0.873. The van der Waals surface area contributed by atoms with Gasteiger partial charge in [0.2, 0.25) is 11.6 Å². The molecular formula is C15H18N3O3. The largest absolute Gasteiger partial charge is 0.380 e. The topological polar surface area (TPSA) is 88.0 Å². The van der Waals surface area contributed by atoms with Crippen molar-refractivity contribution in [1.82, 2.24) is 5.32 Å². The molecule has 2 aliphatic rings. The molecular weight excluding hydrogens is 270 g/mol. The van der Waals surface area contributed by atoms with E-state index in [-0.39, 0.29) is 6.61 Å². The highest BCUT2D eigenvalue weighted by molar-refractivity contribution is 6.00. The molecule has 21 heavy (non-hydrogen) atoms. The number of ether oxygens (including phenoxy) is 1. The summed E-state index contributed by atoms with van der Waals surface area (Å²) in [7, 11) is 0. The van der Waals surface area contributed by atoms with Crippen molar-refractivity contribution in [3.8, 4) is 0 Å². The van der Waals surface area contributed by atoms with Crippen molar-refractivity contribution in [3.63, 3.8) is 0 Å². The molecule has 0 aliphatic carbocycles. The number of amidine groups is 1. The van der Waals surface area contributed by atoms with E-state index >= 15 is 0 Å². The summed E-state index contributed by atoms with van der Waals surface area (Å²) in [5, 5.41) is 8.67. The van der Waals surface area contributed by atoms with Crippen LogP contribution in [-0.4, -0.2) is 30.7 Å². The minimum absolute atomic E-state index is 0.217. The molecule has 2 aliphatic heterocycles. The zero-order valence-electron chi connectivity index (χ0n) is 12.1. The molecule has 6 nitrogen and oxygen atoms in total. The Kier molecular flexibility index (Phi) is 3.33. The molecule has 6 heteroatoms. The number of hydrogen-bond donors (Lipinski definition) is 1. The number of carbonyl (C=O) groups excluding carboxylic acids is 1. The third-order valence-corrected chi connectivity index (χ3v) is 3.84. The van der Waals surface area contributed by atoms with Crippen molar-refractivity contribution in [2.45, 2.75) is 26.0 Å². The third-order valence-electron chi connectivity index (χ3n) is 3.84. The van der Waals surface area contributed by atoms with Crippen LogP contribution in [0.4, 0.5) is 0 Å². The van der Waals surface area contributed by atoms with Crippen LogP contribution >= 0.6 is 0 Å². The van der Waals surface area contributed by atoms with Crippen molar-refractivity contribution in [2.75, 3.05) is 13.2 Å². The standard InChI is InChI=1S/C15H18N3O3/c1-9-5-10(2)7-11(6-9)14-17-15(21-18-14)3-4-20-8-12(15)13(16)19/h5-7,12H,3-4,8H2,1-2H3,(H2,16,19). The predicted octanol–water partition coefficient (Wildman–Crippen LogP) is 0.818. The number of hydrogen-bond acceptors (Lipinski definition) is 4. The van der Waals surface area contributed by atoms with E-state index in [1.807, 2.05) is 26.0 Å². The van der Waals surface area contributed by atoms with Gasteiger partial charge >= 0.3 is 0 Å². The highest BCUT2D eigenvalue weighted by Crippen LogP contribution is 2.33. The number of nitrogens with zero attached hydrogens (tertiary/aromatic N) is 2. The Hall–Kier alpha value is -2.08. The van der Waals surface area contributed by atoms with Gasteiger partial charge in [-0.1, -0.05) is 22.3 Å². The van der Waals surface area contributed by atoms with Gasteiger partial charge in [-0.15, -0.1) is 0 Å². The molecule has 2 atom stereocenters. The van der Waals surface area contributed by atoms with Crippen LogP contribution in [0.25, 0.3) is 0 Å². The van der Waals surface area contributed by atoms with Crippen LogP contribution in [0, 0.1) is 19.8 Å². The highest BCUT2D eigenvalue weighted by atomic mass is 16.7. The number of primary amides is 1. The first-order valence-electron chi connectivity index (χ1n) is 6.95. The lowest BCUT2D eigenvalue weighted by molar-refractivity contribution is -0.164. The van der Waals surface area contributed by atoms with E-state index in [0.717, 1.165) is 16.7 Å². The van der Waals surface area contributed by atoms with E-state index in [1.54, 1.807) is 0 Å². The molecule has 1 saturated heterocycles. The van der Waals surface area contributed by atoms with E-state index in [9.17, 15) is 4.79 Å². The van der Waals surface area contributed by atoms with Crippen LogP contribution in [-0.2, 0) is 14.4 Å². The Morgan fingerprint density at radius 2 is 2.05 bits per heavy atom. The average Bonchev–Trinajstić information content (AvgIpc) is 2.82. The van der Waals surface area contributed by atoms with Gasteiger partial charge in [0, 0.05) is 12.0 Å². The third kappa shape index (κ3) is 2.47.